The lowest BCUT2D eigenvalue weighted by Crippen LogP contribution is -2.62. The van der Waals surface area contributed by atoms with Crippen molar-refractivity contribution in [2.45, 2.75) is 70.7 Å². The molecule has 1 aromatic rings. The van der Waals surface area contributed by atoms with Crippen LogP contribution in [0.5, 0.6) is 0 Å². The number of fused-ring (bicyclic) bond motifs is 1. The van der Waals surface area contributed by atoms with E-state index in [4.69, 9.17) is 0 Å². The van der Waals surface area contributed by atoms with Crippen LogP contribution in [0.2, 0.25) is 0 Å². The Hall–Kier alpha value is -0.910. The minimum absolute atomic E-state index is 0.345. The smallest absolute Gasteiger partial charge is 0.0948 e. The van der Waals surface area contributed by atoms with Crippen LogP contribution in [0, 0.1) is 5.92 Å². The number of rotatable bonds is 6. The SMILES string of the molecule is CC(C)Cn1cncc1CNC[C@]1(O)CCCN2CCCC[C@@H]21. The Morgan fingerprint density at radius 3 is 3.00 bits per heavy atom. The molecule has 2 saturated heterocycles. The average Bonchev–Trinajstić information content (AvgIpc) is 2.94. The molecule has 5 nitrogen and oxygen atoms in total. The first-order valence-corrected chi connectivity index (χ1v) is 9.25. The van der Waals surface area contributed by atoms with Crippen molar-refractivity contribution in [3.8, 4) is 0 Å². The molecule has 0 aliphatic carbocycles. The Morgan fingerprint density at radius 1 is 1.35 bits per heavy atom. The molecule has 0 aromatic carbocycles. The molecule has 2 aliphatic heterocycles. The molecule has 23 heavy (non-hydrogen) atoms. The number of nitrogens with one attached hydrogen (secondary N) is 1. The van der Waals surface area contributed by atoms with Crippen molar-refractivity contribution in [3.63, 3.8) is 0 Å². The maximum Gasteiger partial charge on any atom is 0.0948 e. The van der Waals surface area contributed by atoms with Gasteiger partial charge in [0.2, 0.25) is 0 Å². The summed E-state index contributed by atoms with van der Waals surface area (Å²) in [6, 6.07) is 0.345. The van der Waals surface area contributed by atoms with E-state index in [9.17, 15) is 5.11 Å². The van der Waals surface area contributed by atoms with Crippen molar-refractivity contribution < 1.29 is 5.11 Å². The van der Waals surface area contributed by atoms with Crippen LogP contribution in [0.15, 0.2) is 12.5 Å². The zero-order valence-electron chi connectivity index (χ0n) is 14.7. The Balaban J connectivity index is 1.56. The summed E-state index contributed by atoms with van der Waals surface area (Å²) in [6.07, 6.45) is 9.57. The van der Waals surface area contributed by atoms with Crippen molar-refractivity contribution in [2.24, 2.45) is 5.92 Å². The third-order valence-corrected chi connectivity index (χ3v) is 5.39. The van der Waals surface area contributed by atoms with Crippen LogP contribution in [-0.2, 0) is 13.1 Å². The molecule has 0 unspecified atom stereocenters. The molecule has 0 spiro atoms. The van der Waals surface area contributed by atoms with Crippen molar-refractivity contribution in [2.75, 3.05) is 19.6 Å². The lowest BCUT2D eigenvalue weighted by atomic mass is 9.79. The summed E-state index contributed by atoms with van der Waals surface area (Å²) in [5.41, 5.74) is 0.639. The highest BCUT2D eigenvalue weighted by molar-refractivity contribution is 5.02. The van der Waals surface area contributed by atoms with Gasteiger partial charge in [0.05, 0.1) is 17.6 Å². The molecule has 0 bridgehead atoms. The zero-order chi connectivity index (χ0) is 16.3. The van der Waals surface area contributed by atoms with Crippen LogP contribution in [0.3, 0.4) is 0 Å². The predicted octanol–water partition coefficient (Wildman–Crippen LogP) is 2.01. The number of hydrogen-bond acceptors (Lipinski definition) is 4. The summed E-state index contributed by atoms with van der Waals surface area (Å²) in [5, 5.41) is 14.7. The monoisotopic (exact) mass is 320 g/mol. The number of aliphatic hydroxyl groups is 1. The van der Waals surface area contributed by atoms with Crippen molar-refractivity contribution in [3.05, 3.63) is 18.2 Å². The maximum absolute atomic E-state index is 11.2. The minimum atomic E-state index is -0.568. The van der Waals surface area contributed by atoms with Gasteiger partial charge in [-0.2, -0.15) is 0 Å². The van der Waals surface area contributed by atoms with Crippen LogP contribution < -0.4 is 5.32 Å². The molecule has 0 saturated carbocycles. The highest BCUT2D eigenvalue weighted by atomic mass is 16.3. The number of aromatic nitrogens is 2. The fourth-order valence-corrected chi connectivity index (χ4v) is 4.29. The second-order valence-corrected chi connectivity index (χ2v) is 7.79. The van der Waals surface area contributed by atoms with E-state index in [0.717, 1.165) is 45.4 Å². The standard InChI is InChI=1S/C18H32N4O/c1-15(2)12-22-14-20-11-16(22)10-19-13-18(23)7-5-9-21-8-4-3-6-17(18)21/h11,14-15,17,19,23H,3-10,12-13H2,1-2H3/t17-,18-/m1/s1. The molecule has 5 heteroatoms. The van der Waals surface area contributed by atoms with Crippen LogP contribution in [-0.4, -0.2) is 50.8 Å². The summed E-state index contributed by atoms with van der Waals surface area (Å²) in [5.74, 6) is 0.612. The molecule has 2 fully saturated rings. The molecular weight excluding hydrogens is 288 g/mol. The van der Waals surface area contributed by atoms with Gasteiger partial charge in [0.15, 0.2) is 0 Å². The molecule has 130 valence electrons. The molecular formula is C18H32N4O. The highest BCUT2D eigenvalue weighted by Crippen LogP contribution is 2.33. The predicted molar refractivity (Wildman–Crippen MR) is 92.2 cm³/mol. The van der Waals surface area contributed by atoms with Crippen LogP contribution >= 0.6 is 0 Å². The maximum atomic E-state index is 11.2. The van der Waals surface area contributed by atoms with Crippen molar-refractivity contribution in [1.82, 2.24) is 19.8 Å². The van der Waals surface area contributed by atoms with E-state index in [-0.39, 0.29) is 0 Å². The Morgan fingerprint density at radius 2 is 2.17 bits per heavy atom. The third kappa shape index (κ3) is 3.95. The van der Waals surface area contributed by atoms with Gasteiger partial charge in [-0.05, 0) is 44.7 Å². The normalized spacial score (nSPS) is 29.0. The number of imidazole rings is 1. The van der Waals surface area contributed by atoms with E-state index in [1.54, 1.807) is 0 Å². The van der Waals surface area contributed by atoms with Gasteiger partial charge in [-0.25, -0.2) is 4.98 Å². The zero-order valence-corrected chi connectivity index (χ0v) is 14.7. The van der Waals surface area contributed by atoms with Gasteiger partial charge in [-0.15, -0.1) is 0 Å². The van der Waals surface area contributed by atoms with Gasteiger partial charge >= 0.3 is 0 Å². The summed E-state index contributed by atoms with van der Waals surface area (Å²) >= 11 is 0. The second kappa shape index (κ2) is 7.32. The molecule has 2 atom stereocenters. The van der Waals surface area contributed by atoms with Gasteiger partial charge in [-0.1, -0.05) is 20.3 Å². The molecule has 2 aliphatic rings. The molecule has 2 N–H and O–H groups in total. The number of hydrogen-bond donors (Lipinski definition) is 2. The minimum Gasteiger partial charge on any atom is -0.387 e. The van der Waals surface area contributed by atoms with Crippen LogP contribution in [0.25, 0.3) is 0 Å². The first-order valence-electron chi connectivity index (χ1n) is 9.25. The van der Waals surface area contributed by atoms with Gasteiger partial charge < -0.3 is 15.0 Å². The fraction of sp³-hybridized carbons (Fsp3) is 0.833. The van der Waals surface area contributed by atoms with E-state index >= 15 is 0 Å². The van der Waals surface area contributed by atoms with Crippen LogP contribution in [0.4, 0.5) is 0 Å². The highest BCUT2D eigenvalue weighted by Gasteiger charge is 2.43. The number of nitrogens with zero attached hydrogens (tertiary/aromatic N) is 3. The second-order valence-electron chi connectivity index (χ2n) is 7.79. The van der Waals surface area contributed by atoms with Gasteiger partial charge in [0.25, 0.3) is 0 Å². The first-order chi connectivity index (χ1) is 11.1. The Bertz CT molecular complexity index is 499. The lowest BCUT2D eigenvalue weighted by molar-refractivity contribution is -0.0920. The summed E-state index contributed by atoms with van der Waals surface area (Å²) in [6.45, 7) is 9.22. The van der Waals surface area contributed by atoms with Gasteiger partial charge in [0, 0.05) is 31.9 Å². The van der Waals surface area contributed by atoms with Crippen molar-refractivity contribution in [1.29, 1.82) is 0 Å². The molecule has 3 rings (SSSR count). The fourth-order valence-electron chi connectivity index (χ4n) is 4.29. The summed E-state index contributed by atoms with van der Waals surface area (Å²) in [4.78, 5) is 6.79. The third-order valence-electron chi connectivity index (χ3n) is 5.39. The Kier molecular flexibility index (Phi) is 5.39. The summed E-state index contributed by atoms with van der Waals surface area (Å²) in [7, 11) is 0. The van der Waals surface area contributed by atoms with Crippen molar-refractivity contribution >= 4 is 0 Å². The lowest BCUT2D eigenvalue weighted by Gasteiger charge is -2.49. The van der Waals surface area contributed by atoms with E-state index in [1.165, 1.54) is 18.5 Å². The summed E-state index contributed by atoms with van der Waals surface area (Å²) < 4.78 is 2.22. The molecule has 0 radical (unpaired) electrons. The molecule has 3 heterocycles. The van der Waals surface area contributed by atoms with E-state index in [0.29, 0.717) is 18.5 Å². The largest absolute Gasteiger partial charge is 0.387 e. The molecule has 1 aromatic heterocycles. The average molecular weight is 320 g/mol. The molecule has 0 amide bonds. The van der Waals surface area contributed by atoms with E-state index in [2.05, 4.69) is 33.6 Å². The quantitative estimate of drug-likeness (QED) is 0.842. The topological polar surface area (TPSA) is 53.3 Å². The van der Waals surface area contributed by atoms with Crippen LogP contribution in [0.1, 0.15) is 51.6 Å². The van der Waals surface area contributed by atoms with E-state index in [1.807, 2.05) is 12.5 Å². The first kappa shape index (κ1) is 16.9. The Labute approximate surface area is 140 Å². The number of piperidine rings is 2. The van der Waals surface area contributed by atoms with Gasteiger partial charge in [-0.3, -0.25) is 4.90 Å². The van der Waals surface area contributed by atoms with Gasteiger partial charge in [0.1, 0.15) is 0 Å². The van der Waals surface area contributed by atoms with E-state index < -0.39 is 5.60 Å².